The molecule has 30 heavy (non-hydrogen) atoms. The third kappa shape index (κ3) is 3.74. The van der Waals surface area contributed by atoms with Gasteiger partial charge in [0.1, 0.15) is 11.3 Å². The fourth-order valence-electron chi connectivity index (χ4n) is 3.44. The van der Waals surface area contributed by atoms with Gasteiger partial charge in [-0.15, -0.1) is 0 Å². The summed E-state index contributed by atoms with van der Waals surface area (Å²) in [5.41, 5.74) is 2.15. The number of rotatable bonds is 5. The van der Waals surface area contributed by atoms with Gasteiger partial charge in [0.05, 0.1) is 11.7 Å². The van der Waals surface area contributed by atoms with Crippen molar-refractivity contribution in [1.82, 2.24) is 20.3 Å². The van der Waals surface area contributed by atoms with Crippen molar-refractivity contribution in [2.75, 3.05) is 0 Å². The largest absolute Gasteiger partial charge is 0.451 e. The molecule has 0 radical (unpaired) electrons. The van der Waals surface area contributed by atoms with E-state index in [0.717, 1.165) is 10.9 Å². The average Bonchev–Trinajstić information content (AvgIpc) is 3.09. The zero-order valence-electron chi connectivity index (χ0n) is 17.0. The summed E-state index contributed by atoms with van der Waals surface area (Å²) in [5.74, 6) is 0.267. The number of nitrogens with one attached hydrogen (secondary N) is 2. The summed E-state index contributed by atoms with van der Waals surface area (Å²) in [7, 11) is 0. The number of furan rings is 1. The lowest BCUT2D eigenvalue weighted by atomic mass is 10.00. The van der Waals surface area contributed by atoms with E-state index in [1.54, 1.807) is 18.3 Å². The molecule has 3 heterocycles. The van der Waals surface area contributed by atoms with Gasteiger partial charge in [-0.2, -0.15) is 0 Å². The van der Waals surface area contributed by atoms with Crippen LogP contribution in [0.25, 0.3) is 22.5 Å². The van der Waals surface area contributed by atoms with Crippen LogP contribution in [0.5, 0.6) is 0 Å². The molecule has 2 N–H and O–H groups in total. The van der Waals surface area contributed by atoms with Crippen LogP contribution in [0.15, 0.2) is 63.9 Å². The Kier molecular flexibility index (Phi) is 5.18. The SMILES string of the molecule is Cc1c(C(=O)NC(c2cc(=O)[nH]c(-c3ccccn3)n2)C(C)C)oc2ccccc12. The normalized spacial score (nSPS) is 12.3. The highest BCUT2D eigenvalue weighted by Gasteiger charge is 2.25. The number of aromatic nitrogens is 3. The molecule has 1 atom stereocenters. The van der Waals surface area contributed by atoms with Crippen molar-refractivity contribution in [3.05, 3.63) is 82.1 Å². The van der Waals surface area contributed by atoms with Gasteiger partial charge in [-0.25, -0.2) is 4.98 Å². The molecule has 7 heteroatoms. The second-order valence-corrected chi connectivity index (χ2v) is 7.48. The summed E-state index contributed by atoms with van der Waals surface area (Å²) in [6.07, 6.45) is 1.63. The minimum Gasteiger partial charge on any atom is -0.451 e. The van der Waals surface area contributed by atoms with Gasteiger partial charge in [-0.3, -0.25) is 14.6 Å². The molecule has 7 nitrogen and oxygen atoms in total. The predicted octanol–water partition coefficient (Wildman–Crippen LogP) is 4.01. The average molecular weight is 402 g/mol. The highest BCUT2D eigenvalue weighted by molar-refractivity contribution is 5.99. The monoisotopic (exact) mass is 402 g/mol. The van der Waals surface area contributed by atoms with E-state index >= 15 is 0 Å². The molecule has 0 saturated heterocycles. The smallest absolute Gasteiger partial charge is 0.287 e. The first-order chi connectivity index (χ1) is 14.4. The van der Waals surface area contributed by atoms with Crippen LogP contribution in [-0.4, -0.2) is 20.9 Å². The van der Waals surface area contributed by atoms with Crippen molar-refractivity contribution in [2.24, 2.45) is 5.92 Å². The minimum atomic E-state index is -0.477. The van der Waals surface area contributed by atoms with Gasteiger partial charge in [-0.1, -0.05) is 38.1 Å². The van der Waals surface area contributed by atoms with E-state index in [9.17, 15) is 9.59 Å². The third-order valence-electron chi connectivity index (χ3n) is 4.99. The Morgan fingerprint density at radius 2 is 1.90 bits per heavy atom. The Labute approximate surface area is 173 Å². The standard InChI is InChI=1S/C23H22N4O3/c1-13(2)20(17-12-19(28)26-22(25-17)16-9-6-7-11-24-16)27-23(29)21-14(3)15-8-4-5-10-18(15)30-21/h4-13,20H,1-3H3,(H,27,29)(H,25,26,28). The van der Waals surface area contributed by atoms with Crippen LogP contribution in [0.1, 0.15) is 41.7 Å². The number of para-hydroxylation sites is 1. The molecule has 4 aromatic rings. The van der Waals surface area contributed by atoms with Gasteiger partial charge in [0.2, 0.25) is 0 Å². The van der Waals surface area contributed by atoms with Gasteiger partial charge in [0.25, 0.3) is 11.5 Å². The Hall–Kier alpha value is -3.74. The second-order valence-electron chi connectivity index (χ2n) is 7.48. The highest BCUT2D eigenvalue weighted by atomic mass is 16.3. The molecule has 0 aliphatic rings. The highest BCUT2D eigenvalue weighted by Crippen LogP contribution is 2.27. The van der Waals surface area contributed by atoms with E-state index in [1.165, 1.54) is 6.07 Å². The first kappa shape index (κ1) is 19.6. The maximum atomic E-state index is 13.0. The molecule has 4 rings (SSSR count). The molecule has 1 aromatic carbocycles. The second kappa shape index (κ2) is 7.94. The number of hydrogen-bond acceptors (Lipinski definition) is 5. The maximum absolute atomic E-state index is 13.0. The van der Waals surface area contributed by atoms with Gasteiger partial charge in [0, 0.05) is 23.2 Å². The van der Waals surface area contributed by atoms with Gasteiger partial charge in [0.15, 0.2) is 11.6 Å². The number of fused-ring (bicyclic) bond motifs is 1. The van der Waals surface area contributed by atoms with Crippen LogP contribution in [0.3, 0.4) is 0 Å². The molecule has 1 amide bonds. The van der Waals surface area contributed by atoms with Crippen LogP contribution in [0, 0.1) is 12.8 Å². The fourth-order valence-corrected chi connectivity index (χ4v) is 3.44. The van der Waals surface area contributed by atoms with Crippen molar-refractivity contribution in [3.63, 3.8) is 0 Å². The van der Waals surface area contributed by atoms with E-state index in [-0.39, 0.29) is 23.1 Å². The fraction of sp³-hybridized carbons (Fsp3) is 0.217. The topological polar surface area (TPSA) is 101 Å². The third-order valence-corrected chi connectivity index (χ3v) is 4.99. The summed E-state index contributed by atoms with van der Waals surface area (Å²) in [5, 5.41) is 3.89. The van der Waals surface area contributed by atoms with Gasteiger partial charge < -0.3 is 14.7 Å². The number of hydrogen-bond donors (Lipinski definition) is 2. The van der Waals surface area contributed by atoms with Crippen molar-refractivity contribution in [3.8, 4) is 11.5 Å². The van der Waals surface area contributed by atoms with Crippen LogP contribution >= 0.6 is 0 Å². The molecule has 1 unspecified atom stereocenters. The number of amides is 1. The Morgan fingerprint density at radius 1 is 1.13 bits per heavy atom. The summed E-state index contributed by atoms with van der Waals surface area (Å²) >= 11 is 0. The van der Waals surface area contributed by atoms with E-state index < -0.39 is 6.04 Å². The lowest BCUT2D eigenvalue weighted by Gasteiger charge is -2.21. The van der Waals surface area contributed by atoms with Crippen LogP contribution in [0.2, 0.25) is 0 Å². The van der Waals surface area contributed by atoms with E-state index in [0.29, 0.717) is 22.8 Å². The molecule has 152 valence electrons. The molecule has 0 fully saturated rings. The minimum absolute atomic E-state index is 0.00971. The first-order valence-electron chi connectivity index (χ1n) is 9.75. The van der Waals surface area contributed by atoms with Gasteiger partial charge in [-0.05, 0) is 31.0 Å². The first-order valence-corrected chi connectivity index (χ1v) is 9.75. The molecule has 0 spiro atoms. The number of nitrogens with zero attached hydrogens (tertiary/aromatic N) is 2. The maximum Gasteiger partial charge on any atom is 0.287 e. The number of H-pyrrole nitrogens is 1. The van der Waals surface area contributed by atoms with E-state index in [1.807, 2.05) is 51.1 Å². The zero-order chi connectivity index (χ0) is 21.3. The van der Waals surface area contributed by atoms with E-state index in [4.69, 9.17) is 4.42 Å². The van der Waals surface area contributed by atoms with Crippen LogP contribution in [0.4, 0.5) is 0 Å². The summed E-state index contributed by atoms with van der Waals surface area (Å²) in [6, 6.07) is 13.8. The quantitative estimate of drug-likeness (QED) is 0.525. The van der Waals surface area contributed by atoms with Crippen LogP contribution < -0.4 is 10.9 Å². The number of aryl methyl sites for hydroxylation is 1. The number of carbonyl (C=O) groups is 1. The molecule has 3 aromatic heterocycles. The molecule has 0 bridgehead atoms. The predicted molar refractivity (Wildman–Crippen MR) is 114 cm³/mol. The Balaban J connectivity index is 1.69. The van der Waals surface area contributed by atoms with Crippen molar-refractivity contribution in [2.45, 2.75) is 26.8 Å². The van der Waals surface area contributed by atoms with Crippen molar-refractivity contribution < 1.29 is 9.21 Å². The number of aromatic amines is 1. The molecule has 0 saturated carbocycles. The summed E-state index contributed by atoms with van der Waals surface area (Å²) < 4.78 is 5.78. The molecule has 0 aliphatic carbocycles. The van der Waals surface area contributed by atoms with Gasteiger partial charge >= 0.3 is 0 Å². The lowest BCUT2D eigenvalue weighted by Crippen LogP contribution is -2.33. The summed E-state index contributed by atoms with van der Waals surface area (Å²) in [6.45, 7) is 5.77. The number of benzene rings is 1. The number of carbonyl (C=O) groups excluding carboxylic acids is 1. The lowest BCUT2D eigenvalue weighted by molar-refractivity contribution is 0.0897. The molecular weight excluding hydrogens is 380 g/mol. The summed E-state index contributed by atoms with van der Waals surface area (Å²) in [4.78, 5) is 36.8. The molecule has 0 aliphatic heterocycles. The molecular formula is C23H22N4O3. The van der Waals surface area contributed by atoms with E-state index in [2.05, 4.69) is 20.3 Å². The van der Waals surface area contributed by atoms with Crippen molar-refractivity contribution in [1.29, 1.82) is 0 Å². The van der Waals surface area contributed by atoms with Crippen LogP contribution in [-0.2, 0) is 0 Å². The number of pyridine rings is 1. The Bertz CT molecular complexity index is 1260. The van der Waals surface area contributed by atoms with Crippen molar-refractivity contribution >= 4 is 16.9 Å². The Morgan fingerprint density at radius 3 is 2.60 bits per heavy atom. The zero-order valence-corrected chi connectivity index (χ0v) is 17.0.